The van der Waals surface area contributed by atoms with E-state index in [4.69, 9.17) is 5.73 Å². The van der Waals surface area contributed by atoms with Crippen LogP contribution >= 0.6 is 0 Å². The lowest BCUT2D eigenvalue weighted by molar-refractivity contribution is 0.790. The third-order valence-corrected chi connectivity index (χ3v) is 1.99. The quantitative estimate of drug-likeness (QED) is 0.767. The van der Waals surface area contributed by atoms with E-state index in [9.17, 15) is 0 Å². The molecule has 0 fully saturated rings. The molecule has 0 atom stereocenters. The van der Waals surface area contributed by atoms with Crippen LogP contribution in [-0.2, 0) is 0 Å². The number of aromatic nitrogens is 1. The van der Waals surface area contributed by atoms with Gasteiger partial charge in [-0.05, 0) is 19.4 Å². The summed E-state index contributed by atoms with van der Waals surface area (Å²) in [5.74, 6) is 0. The van der Waals surface area contributed by atoms with Gasteiger partial charge in [-0.15, -0.1) is 0 Å². The minimum Gasteiger partial charge on any atom is -0.397 e. The molecule has 3 nitrogen and oxygen atoms in total. The lowest BCUT2D eigenvalue weighted by Gasteiger charge is -2.21. The number of nitrogens with two attached hydrogens (primary N) is 1. The monoisotopic (exact) mass is 179 g/mol. The molecule has 1 aromatic heterocycles. The molecule has 0 amide bonds. The minimum absolute atomic E-state index is 0.729. The predicted molar refractivity (Wildman–Crippen MR) is 56.8 cm³/mol. The summed E-state index contributed by atoms with van der Waals surface area (Å²) in [5, 5.41) is 0. The van der Waals surface area contributed by atoms with E-state index in [-0.39, 0.29) is 0 Å². The molecular weight excluding hydrogens is 162 g/mol. The van der Waals surface area contributed by atoms with Crippen molar-refractivity contribution in [3.05, 3.63) is 18.5 Å². The Morgan fingerprint density at radius 3 is 2.69 bits per heavy atom. The summed E-state index contributed by atoms with van der Waals surface area (Å²) < 4.78 is 0. The summed E-state index contributed by atoms with van der Waals surface area (Å²) in [4.78, 5) is 6.34. The zero-order valence-corrected chi connectivity index (χ0v) is 8.33. The largest absolute Gasteiger partial charge is 0.397 e. The molecule has 0 aliphatic heterocycles. The van der Waals surface area contributed by atoms with Crippen molar-refractivity contribution in [1.29, 1.82) is 0 Å². The summed E-state index contributed by atoms with van der Waals surface area (Å²) in [5.41, 5.74) is 7.50. The van der Waals surface area contributed by atoms with Crippen LogP contribution in [0, 0.1) is 0 Å². The highest BCUT2D eigenvalue weighted by Gasteiger charge is 2.02. The predicted octanol–water partition coefficient (Wildman–Crippen LogP) is 1.90. The molecule has 0 saturated heterocycles. The lowest BCUT2D eigenvalue weighted by atomic mass is 10.3. The van der Waals surface area contributed by atoms with Crippen LogP contribution in [0.3, 0.4) is 0 Å². The van der Waals surface area contributed by atoms with E-state index < -0.39 is 0 Å². The Hall–Kier alpha value is -1.25. The van der Waals surface area contributed by atoms with E-state index >= 15 is 0 Å². The fraction of sp³-hybridized carbons (Fsp3) is 0.500. The molecule has 0 saturated carbocycles. The third kappa shape index (κ3) is 2.61. The van der Waals surface area contributed by atoms with E-state index in [1.165, 1.54) is 0 Å². The second kappa shape index (κ2) is 4.70. The van der Waals surface area contributed by atoms with Gasteiger partial charge in [0.25, 0.3) is 0 Å². The average molecular weight is 179 g/mol. The van der Waals surface area contributed by atoms with Crippen LogP contribution in [0.25, 0.3) is 0 Å². The first-order valence-electron chi connectivity index (χ1n) is 4.73. The summed E-state index contributed by atoms with van der Waals surface area (Å²) >= 11 is 0. The van der Waals surface area contributed by atoms with E-state index in [1.54, 1.807) is 6.20 Å². The smallest absolute Gasteiger partial charge is 0.0573 e. The van der Waals surface area contributed by atoms with Crippen LogP contribution in [0.1, 0.15) is 20.3 Å². The number of hydrogen-bond acceptors (Lipinski definition) is 3. The number of anilines is 2. The summed E-state index contributed by atoms with van der Waals surface area (Å²) in [6, 6.07) is 1.96. The molecule has 13 heavy (non-hydrogen) atoms. The fourth-order valence-corrected chi connectivity index (χ4v) is 1.36. The number of nitrogen functional groups attached to an aromatic ring is 1. The molecule has 0 spiro atoms. The van der Waals surface area contributed by atoms with Crippen molar-refractivity contribution in [2.75, 3.05) is 23.7 Å². The highest BCUT2D eigenvalue weighted by molar-refractivity contribution is 5.53. The number of rotatable bonds is 4. The van der Waals surface area contributed by atoms with E-state index in [2.05, 4.69) is 23.7 Å². The number of hydrogen-bond donors (Lipinski definition) is 1. The Morgan fingerprint density at radius 1 is 1.38 bits per heavy atom. The molecule has 0 unspecified atom stereocenters. The van der Waals surface area contributed by atoms with Gasteiger partial charge in [0.15, 0.2) is 0 Å². The molecule has 0 aliphatic carbocycles. The van der Waals surface area contributed by atoms with Crippen molar-refractivity contribution in [1.82, 2.24) is 4.98 Å². The zero-order valence-electron chi connectivity index (χ0n) is 8.33. The van der Waals surface area contributed by atoms with Gasteiger partial charge in [0, 0.05) is 19.3 Å². The Balaban J connectivity index is 2.78. The summed E-state index contributed by atoms with van der Waals surface area (Å²) in [6.45, 7) is 6.36. The van der Waals surface area contributed by atoms with Gasteiger partial charge in [-0.25, -0.2) is 0 Å². The van der Waals surface area contributed by atoms with Crippen molar-refractivity contribution in [3.8, 4) is 0 Å². The van der Waals surface area contributed by atoms with Crippen LogP contribution in [0.2, 0.25) is 0 Å². The molecule has 72 valence electrons. The molecule has 0 radical (unpaired) electrons. The van der Waals surface area contributed by atoms with Crippen molar-refractivity contribution in [2.24, 2.45) is 0 Å². The highest BCUT2D eigenvalue weighted by Crippen LogP contribution is 2.15. The van der Waals surface area contributed by atoms with Gasteiger partial charge >= 0.3 is 0 Å². The second-order valence-corrected chi connectivity index (χ2v) is 3.06. The van der Waals surface area contributed by atoms with Crippen LogP contribution < -0.4 is 10.6 Å². The normalized spacial score (nSPS) is 10.0. The highest BCUT2D eigenvalue weighted by atomic mass is 15.1. The molecular formula is C10H17N3. The van der Waals surface area contributed by atoms with Gasteiger partial charge < -0.3 is 10.6 Å². The Labute approximate surface area is 79.6 Å². The van der Waals surface area contributed by atoms with E-state index in [0.717, 1.165) is 30.9 Å². The van der Waals surface area contributed by atoms with Crippen LogP contribution in [0.5, 0.6) is 0 Å². The third-order valence-electron chi connectivity index (χ3n) is 1.99. The minimum atomic E-state index is 0.729. The average Bonchev–Trinajstić information content (AvgIpc) is 2.14. The molecule has 0 aliphatic rings. The molecule has 0 bridgehead atoms. The van der Waals surface area contributed by atoms with Crippen molar-refractivity contribution in [2.45, 2.75) is 20.3 Å². The summed E-state index contributed by atoms with van der Waals surface area (Å²) in [6.07, 6.45) is 4.67. The lowest BCUT2D eigenvalue weighted by Crippen LogP contribution is -2.23. The second-order valence-electron chi connectivity index (χ2n) is 3.06. The summed E-state index contributed by atoms with van der Waals surface area (Å²) in [7, 11) is 0. The van der Waals surface area contributed by atoms with Crippen molar-refractivity contribution >= 4 is 11.4 Å². The maximum absolute atomic E-state index is 5.66. The van der Waals surface area contributed by atoms with Gasteiger partial charge in [-0.3, -0.25) is 4.98 Å². The van der Waals surface area contributed by atoms with Crippen molar-refractivity contribution in [3.63, 3.8) is 0 Å². The SMILES string of the molecule is CCCN(CC)c1cncc(N)c1. The maximum Gasteiger partial charge on any atom is 0.0573 e. The molecule has 3 heteroatoms. The first kappa shape index (κ1) is 9.84. The van der Waals surface area contributed by atoms with Crippen molar-refractivity contribution < 1.29 is 0 Å². The first-order chi connectivity index (χ1) is 6.27. The van der Waals surface area contributed by atoms with Gasteiger partial charge in [0.1, 0.15) is 0 Å². The van der Waals surface area contributed by atoms with E-state index in [1.807, 2.05) is 12.3 Å². The molecule has 0 aromatic carbocycles. The van der Waals surface area contributed by atoms with Gasteiger partial charge in [-0.2, -0.15) is 0 Å². The number of nitrogens with zero attached hydrogens (tertiary/aromatic N) is 2. The Bertz CT molecular complexity index is 260. The van der Waals surface area contributed by atoms with Crippen LogP contribution in [-0.4, -0.2) is 18.1 Å². The molecule has 1 rings (SSSR count). The van der Waals surface area contributed by atoms with Crippen LogP contribution in [0.4, 0.5) is 11.4 Å². The van der Waals surface area contributed by atoms with Gasteiger partial charge in [0.05, 0.1) is 17.6 Å². The Morgan fingerprint density at radius 2 is 2.15 bits per heavy atom. The molecule has 1 aromatic rings. The van der Waals surface area contributed by atoms with Crippen LogP contribution in [0.15, 0.2) is 18.5 Å². The topological polar surface area (TPSA) is 42.2 Å². The molecule has 1 heterocycles. The van der Waals surface area contributed by atoms with Gasteiger partial charge in [-0.1, -0.05) is 6.92 Å². The number of pyridine rings is 1. The zero-order chi connectivity index (χ0) is 9.68. The molecule has 2 N–H and O–H groups in total. The maximum atomic E-state index is 5.66. The fourth-order valence-electron chi connectivity index (χ4n) is 1.36. The Kier molecular flexibility index (Phi) is 3.55. The van der Waals surface area contributed by atoms with E-state index in [0.29, 0.717) is 0 Å². The van der Waals surface area contributed by atoms with Gasteiger partial charge in [0.2, 0.25) is 0 Å². The first-order valence-corrected chi connectivity index (χ1v) is 4.73. The standard InChI is InChI=1S/C10H17N3/c1-3-5-13(4-2)10-6-9(11)7-12-8-10/h6-8H,3-5,11H2,1-2H3.